The summed E-state index contributed by atoms with van der Waals surface area (Å²) in [4.78, 5) is 42.6. The Morgan fingerprint density at radius 1 is 1.38 bits per heavy atom. The van der Waals surface area contributed by atoms with Crippen molar-refractivity contribution in [2.24, 2.45) is 0 Å². The Labute approximate surface area is 153 Å². The van der Waals surface area contributed by atoms with Crippen molar-refractivity contribution in [3.63, 3.8) is 0 Å². The normalized spacial score (nSPS) is 10.8. The number of hydrogen-bond acceptors (Lipinski definition) is 6. The molecular weight excluding hydrogens is 356 g/mol. The summed E-state index contributed by atoms with van der Waals surface area (Å²) < 4.78 is 6.54. The van der Waals surface area contributed by atoms with Gasteiger partial charge in [-0.25, -0.2) is 4.98 Å². The third-order valence-electron chi connectivity index (χ3n) is 3.86. The number of nitrogens with zero attached hydrogens (tertiary/aromatic N) is 3. The van der Waals surface area contributed by atoms with E-state index in [0.717, 1.165) is 0 Å². The van der Waals surface area contributed by atoms with Crippen molar-refractivity contribution >= 4 is 33.4 Å². The summed E-state index contributed by atoms with van der Waals surface area (Å²) in [5.41, 5.74) is -0.164. The molecule has 0 aliphatic heterocycles. The van der Waals surface area contributed by atoms with Gasteiger partial charge in [0.15, 0.2) is 0 Å². The van der Waals surface area contributed by atoms with Gasteiger partial charge in [0.2, 0.25) is 11.8 Å². The lowest BCUT2D eigenvalue weighted by molar-refractivity contribution is -0.135. The van der Waals surface area contributed by atoms with Crippen molar-refractivity contribution in [3.8, 4) is 0 Å². The van der Waals surface area contributed by atoms with Crippen molar-refractivity contribution < 1.29 is 14.0 Å². The Balaban J connectivity index is 1.49. The molecule has 0 aliphatic carbocycles. The maximum absolute atomic E-state index is 12.3. The minimum absolute atomic E-state index is 0.0593. The Bertz CT molecular complexity index is 961. The topological polar surface area (TPSA) is 97.4 Å². The quantitative estimate of drug-likeness (QED) is 0.671. The molecule has 0 atom stereocenters. The first-order chi connectivity index (χ1) is 12.5. The van der Waals surface area contributed by atoms with E-state index in [-0.39, 0.29) is 43.4 Å². The van der Waals surface area contributed by atoms with Crippen molar-refractivity contribution in [1.29, 1.82) is 0 Å². The van der Waals surface area contributed by atoms with Gasteiger partial charge in [-0.1, -0.05) is 0 Å². The van der Waals surface area contributed by atoms with Gasteiger partial charge in [0.25, 0.3) is 5.56 Å². The number of rotatable bonds is 7. The van der Waals surface area contributed by atoms with Crippen LogP contribution in [0.25, 0.3) is 10.2 Å². The first-order valence-corrected chi connectivity index (χ1v) is 8.88. The number of aryl methyl sites for hydroxylation is 1. The summed E-state index contributed by atoms with van der Waals surface area (Å²) in [7, 11) is 1.55. The Kier molecular flexibility index (Phi) is 5.47. The highest BCUT2D eigenvalue weighted by molar-refractivity contribution is 7.16. The lowest BCUT2D eigenvalue weighted by atomic mass is 10.3. The molecule has 0 spiro atoms. The van der Waals surface area contributed by atoms with Crippen molar-refractivity contribution in [1.82, 2.24) is 19.8 Å². The highest BCUT2D eigenvalue weighted by atomic mass is 32.1. The number of carbonyl (C=O) groups is 2. The zero-order chi connectivity index (χ0) is 18.5. The first-order valence-electron chi connectivity index (χ1n) is 8.00. The highest BCUT2D eigenvalue weighted by Gasteiger charge is 2.14. The van der Waals surface area contributed by atoms with Crippen LogP contribution in [0.15, 0.2) is 45.4 Å². The third kappa shape index (κ3) is 4.17. The molecule has 0 fully saturated rings. The van der Waals surface area contributed by atoms with Gasteiger partial charge < -0.3 is 14.6 Å². The van der Waals surface area contributed by atoms with E-state index < -0.39 is 0 Å². The van der Waals surface area contributed by atoms with Crippen molar-refractivity contribution in [3.05, 3.63) is 52.3 Å². The molecule has 0 unspecified atom stereocenters. The molecule has 0 radical (unpaired) electrons. The maximum Gasteiger partial charge on any atom is 0.262 e. The fourth-order valence-corrected chi connectivity index (χ4v) is 3.14. The van der Waals surface area contributed by atoms with Gasteiger partial charge >= 0.3 is 0 Å². The molecule has 0 bridgehead atoms. The van der Waals surface area contributed by atoms with Crippen LogP contribution in [0.4, 0.5) is 0 Å². The van der Waals surface area contributed by atoms with E-state index in [2.05, 4.69) is 10.3 Å². The van der Waals surface area contributed by atoms with Gasteiger partial charge in [-0.05, 0) is 23.6 Å². The van der Waals surface area contributed by atoms with E-state index in [0.29, 0.717) is 16.0 Å². The summed E-state index contributed by atoms with van der Waals surface area (Å²) in [5.74, 6) is 0.134. The first kappa shape index (κ1) is 17.9. The maximum atomic E-state index is 12.3. The van der Waals surface area contributed by atoms with Gasteiger partial charge in [-0.2, -0.15) is 0 Å². The Morgan fingerprint density at radius 2 is 2.23 bits per heavy atom. The van der Waals surface area contributed by atoms with Gasteiger partial charge in [-0.15, -0.1) is 11.3 Å². The summed E-state index contributed by atoms with van der Waals surface area (Å²) >= 11 is 1.40. The van der Waals surface area contributed by atoms with E-state index >= 15 is 0 Å². The molecule has 0 saturated carbocycles. The summed E-state index contributed by atoms with van der Waals surface area (Å²) in [6.07, 6.45) is 3.09. The number of amides is 2. The number of nitrogens with one attached hydrogen (secondary N) is 1. The second kappa shape index (κ2) is 7.96. The average molecular weight is 374 g/mol. The predicted octanol–water partition coefficient (Wildman–Crippen LogP) is 1.22. The van der Waals surface area contributed by atoms with Crippen LogP contribution >= 0.6 is 11.3 Å². The Hall–Kier alpha value is -2.94. The van der Waals surface area contributed by atoms with E-state index in [4.69, 9.17) is 4.42 Å². The van der Waals surface area contributed by atoms with Gasteiger partial charge in [0.05, 0.1) is 31.1 Å². The molecule has 0 saturated heterocycles. The SMILES string of the molecule is CN(CC(=O)NCc1ccco1)C(=O)CCn1cnc2sccc2c1=O. The Morgan fingerprint density at radius 3 is 3.00 bits per heavy atom. The lowest BCUT2D eigenvalue weighted by Crippen LogP contribution is -2.38. The molecule has 3 heterocycles. The van der Waals surface area contributed by atoms with E-state index in [1.165, 1.54) is 33.4 Å². The molecule has 9 heteroatoms. The van der Waals surface area contributed by atoms with Crippen LogP contribution in [0, 0.1) is 0 Å². The van der Waals surface area contributed by atoms with Crippen LogP contribution in [0.5, 0.6) is 0 Å². The number of furan rings is 1. The predicted molar refractivity (Wildman–Crippen MR) is 96.7 cm³/mol. The zero-order valence-corrected chi connectivity index (χ0v) is 15.0. The number of carbonyl (C=O) groups excluding carboxylic acids is 2. The third-order valence-corrected chi connectivity index (χ3v) is 4.68. The fourth-order valence-electron chi connectivity index (χ4n) is 2.42. The second-order valence-electron chi connectivity index (χ2n) is 5.74. The molecule has 136 valence electrons. The average Bonchev–Trinajstić information content (AvgIpc) is 3.30. The fraction of sp³-hybridized carbons (Fsp3) is 0.294. The number of hydrogen-bond donors (Lipinski definition) is 1. The van der Waals surface area contributed by atoms with Crippen LogP contribution < -0.4 is 10.9 Å². The van der Waals surface area contributed by atoms with Crippen molar-refractivity contribution in [2.45, 2.75) is 19.5 Å². The number of likely N-dealkylation sites (N-methyl/N-ethyl adjacent to an activating group) is 1. The van der Waals surface area contributed by atoms with Crippen LogP contribution in [0.2, 0.25) is 0 Å². The van der Waals surface area contributed by atoms with Crippen LogP contribution in [-0.2, 0) is 22.7 Å². The van der Waals surface area contributed by atoms with E-state index in [1.54, 1.807) is 25.2 Å². The minimum atomic E-state index is -0.282. The zero-order valence-electron chi connectivity index (χ0n) is 14.2. The van der Waals surface area contributed by atoms with Gasteiger partial charge in [0.1, 0.15) is 10.6 Å². The molecule has 3 rings (SSSR count). The number of thiophene rings is 1. The standard InChI is InChI=1S/C17H18N4O4S/c1-20(10-14(22)18-9-12-3-2-7-25-12)15(23)4-6-21-11-19-16-13(17(21)24)5-8-26-16/h2-3,5,7-8,11H,4,6,9-10H2,1H3,(H,18,22). The minimum Gasteiger partial charge on any atom is -0.467 e. The monoisotopic (exact) mass is 374 g/mol. The van der Waals surface area contributed by atoms with Gasteiger partial charge in [-0.3, -0.25) is 19.0 Å². The lowest BCUT2D eigenvalue weighted by Gasteiger charge is -2.17. The van der Waals surface area contributed by atoms with Gasteiger partial charge in [0, 0.05) is 20.0 Å². The summed E-state index contributed by atoms with van der Waals surface area (Å²) in [5, 5.41) is 5.04. The van der Waals surface area contributed by atoms with Crippen LogP contribution in [-0.4, -0.2) is 39.9 Å². The molecular formula is C17H18N4O4S. The largest absolute Gasteiger partial charge is 0.467 e. The van der Waals surface area contributed by atoms with Crippen molar-refractivity contribution in [2.75, 3.05) is 13.6 Å². The molecule has 3 aromatic heterocycles. The molecule has 0 aliphatic rings. The van der Waals surface area contributed by atoms with E-state index in [9.17, 15) is 14.4 Å². The second-order valence-corrected chi connectivity index (χ2v) is 6.63. The number of aromatic nitrogens is 2. The molecule has 3 aromatic rings. The smallest absolute Gasteiger partial charge is 0.262 e. The molecule has 1 N–H and O–H groups in total. The highest BCUT2D eigenvalue weighted by Crippen LogP contribution is 2.13. The van der Waals surface area contributed by atoms with E-state index in [1.807, 2.05) is 5.38 Å². The molecule has 8 nitrogen and oxygen atoms in total. The molecule has 0 aromatic carbocycles. The number of fused-ring (bicyclic) bond motifs is 1. The van der Waals surface area contributed by atoms with Crippen LogP contribution in [0.1, 0.15) is 12.2 Å². The van der Waals surface area contributed by atoms with Crippen LogP contribution in [0.3, 0.4) is 0 Å². The molecule has 2 amide bonds. The summed E-state index contributed by atoms with van der Waals surface area (Å²) in [6, 6.07) is 5.22. The summed E-state index contributed by atoms with van der Waals surface area (Å²) in [6.45, 7) is 0.431. The molecule has 26 heavy (non-hydrogen) atoms.